The van der Waals surface area contributed by atoms with E-state index in [1.807, 2.05) is 17.8 Å². The fourth-order valence-electron chi connectivity index (χ4n) is 1.18. The van der Waals surface area contributed by atoms with Crippen LogP contribution in [-0.4, -0.2) is 11.5 Å². The van der Waals surface area contributed by atoms with Gasteiger partial charge in [0.05, 0.1) is 5.75 Å². The van der Waals surface area contributed by atoms with Crippen molar-refractivity contribution in [1.82, 2.24) is 0 Å². The monoisotopic (exact) mass is 246 g/mol. The van der Waals surface area contributed by atoms with E-state index in [2.05, 4.69) is 0 Å². The van der Waals surface area contributed by atoms with Crippen LogP contribution in [0.5, 0.6) is 0 Å². The zero-order valence-corrected chi connectivity index (χ0v) is 10.4. The van der Waals surface area contributed by atoms with Crippen molar-refractivity contribution in [2.45, 2.75) is 31.9 Å². The number of furan rings is 1. The van der Waals surface area contributed by atoms with Gasteiger partial charge in [0, 0.05) is 6.42 Å². The Morgan fingerprint density at radius 2 is 2.27 bits per heavy atom. The molecule has 1 heterocycles. The zero-order valence-electron chi connectivity index (χ0n) is 8.79. The summed E-state index contributed by atoms with van der Waals surface area (Å²) in [7, 11) is 0. The lowest BCUT2D eigenvalue weighted by atomic mass is 10.2. The van der Waals surface area contributed by atoms with Crippen LogP contribution in [0.25, 0.3) is 0 Å². The summed E-state index contributed by atoms with van der Waals surface area (Å²) in [4.78, 5) is 10.7. The Kier molecular flexibility index (Phi) is 5.88. The Balaban J connectivity index is 2.00. The molecule has 0 radical (unpaired) electrons. The van der Waals surface area contributed by atoms with E-state index in [1.54, 1.807) is 13.0 Å². The summed E-state index contributed by atoms with van der Waals surface area (Å²) in [6, 6.07) is 3.65. The Bertz CT molecular complexity index is 309. The van der Waals surface area contributed by atoms with Gasteiger partial charge in [0.15, 0.2) is 5.22 Å². The number of rotatable bonds is 7. The second-order valence-corrected chi connectivity index (χ2v) is 4.90. The van der Waals surface area contributed by atoms with Gasteiger partial charge in [-0.3, -0.25) is 0 Å². The standard InChI is InChI=1S/C11H15ClO2S/c1-9(13)4-2-3-7-15-8-10-5-6-11(12)14-10/h5-6H,2-4,7-8H2,1H3. The minimum absolute atomic E-state index is 0.276. The van der Waals surface area contributed by atoms with Crippen molar-refractivity contribution < 1.29 is 9.21 Å². The van der Waals surface area contributed by atoms with Gasteiger partial charge < -0.3 is 9.21 Å². The van der Waals surface area contributed by atoms with E-state index in [0.29, 0.717) is 11.6 Å². The highest BCUT2D eigenvalue weighted by atomic mass is 35.5. The van der Waals surface area contributed by atoms with Gasteiger partial charge >= 0.3 is 0 Å². The maximum atomic E-state index is 10.7. The number of unbranched alkanes of at least 4 members (excludes halogenated alkanes) is 1. The molecule has 0 aliphatic carbocycles. The number of carbonyl (C=O) groups excluding carboxylic acids is 1. The number of Topliss-reactive ketones (excluding diaryl/α,β-unsaturated/α-hetero) is 1. The second-order valence-electron chi connectivity index (χ2n) is 3.42. The van der Waals surface area contributed by atoms with E-state index >= 15 is 0 Å². The van der Waals surface area contributed by atoms with Crippen LogP contribution in [-0.2, 0) is 10.5 Å². The number of hydrogen-bond donors (Lipinski definition) is 0. The first-order valence-corrected chi connectivity index (χ1v) is 6.53. The van der Waals surface area contributed by atoms with E-state index in [-0.39, 0.29) is 5.78 Å². The molecule has 15 heavy (non-hydrogen) atoms. The summed E-state index contributed by atoms with van der Waals surface area (Å²) in [6.45, 7) is 1.64. The summed E-state index contributed by atoms with van der Waals surface area (Å²) in [6.07, 6.45) is 2.77. The molecule has 4 heteroatoms. The van der Waals surface area contributed by atoms with Gasteiger partial charge in [0.25, 0.3) is 0 Å². The van der Waals surface area contributed by atoms with Gasteiger partial charge in [-0.2, -0.15) is 11.8 Å². The fraction of sp³-hybridized carbons (Fsp3) is 0.545. The molecule has 0 fully saturated rings. The molecule has 2 nitrogen and oxygen atoms in total. The van der Waals surface area contributed by atoms with Gasteiger partial charge in [-0.25, -0.2) is 0 Å². The third-order valence-electron chi connectivity index (χ3n) is 1.94. The van der Waals surface area contributed by atoms with Gasteiger partial charge in [-0.05, 0) is 49.3 Å². The largest absolute Gasteiger partial charge is 0.449 e. The topological polar surface area (TPSA) is 30.2 Å². The van der Waals surface area contributed by atoms with Crippen LogP contribution in [0.4, 0.5) is 0 Å². The first-order valence-electron chi connectivity index (χ1n) is 5.00. The Labute approximate surface area is 99.4 Å². The smallest absolute Gasteiger partial charge is 0.193 e. The first kappa shape index (κ1) is 12.7. The van der Waals surface area contributed by atoms with E-state index in [9.17, 15) is 4.79 Å². The molecule has 0 aliphatic heterocycles. The number of carbonyl (C=O) groups is 1. The van der Waals surface area contributed by atoms with Gasteiger partial charge in [-0.1, -0.05) is 0 Å². The fourth-order valence-corrected chi connectivity index (χ4v) is 2.25. The average molecular weight is 247 g/mol. The molecular formula is C11H15ClO2S. The molecule has 0 spiro atoms. The number of thioether (sulfide) groups is 1. The molecule has 0 amide bonds. The molecule has 0 N–H and O–H groups in total. The highest BCUT2D eigenvalue weighted by Gasteiger charge is 1.99. The van der Waals surface area contributed by atoms with Gasteiger partial charge in [0.2, 0.25) is 0 Å². The molecule has 1 rings (SSSR count). The first-order chi connectivity index (χ1) is 7.18. The maximum absolute atomic E-state index is 10.7. The van der Waals surface area contributed by atoms with E-state index < -0.39 is 0 Å². The van der Waals surface area contributed by atoms with Crippen molar-refractivity contribution in [3.63, 3.8) is 0 Å². The highest BCUT2D eigenvalue weighted by Crippen LogP contribution is 2.19. The van der Waals surface area contributed by atoms with Crippen LogP contribution in [0, 0.1) is 0 Å². The van der Waals surface area contributed by atoms with Crippen LogP contribution in [0.3, 0.4) is 0 Å². The van der Waals surface area contributed by atoms with Crippen molar-refractivity contribution in [3.05, 3.63) is 23.1 Å². The van der Waals surface area contributed by atoms with E-state index in [0.717, 1.165) is 30.1 Å². The number of ketones is 1. The van der Waals surface area contributed by atoms with Crippen molar-refractivity contribution >= 4 is 29.1 Å². The quantitative estimate of drug-likeness (QED) is 0.683. The lowest BCUT2D eigenvalue weighted by molar-refractivity contribution is -0.117. The lowest BCUT2D eigenvalue weighted by Crippen LogP contribution is -1.90. The molecule has 0 unspecified atom stereocenters. The van der Waals surface area contributed by atoms with Gasteiger partial charge in [0.1, 0.15) is 11.5 Å². The summed E-state index contributed by atoms with van der Waals surface area (Å²) in [5.41, 5.74) is 0. The summed E-state index contributed by atoms with van der Waals surface area (Å²) >= 11 is 7.45. The second kappa shape index (κ2) is 6.96. The van der Waals surface area contributed by atoms with E-state index in [4.69, 9.17) is 16.0 Å². The molecule has 0 aromatic carbocycles. The molecule has 0 bridgehead atoms. The number of hydrogen-bond acceptors (Lipinski definition) is 3. The van der Waals surface area contributed by atoms with Crippen molar-refractivity contribution in [3.8, 4) is 0 Å². The summed E-state index contributed by atoms with van der Waals surface area (Å²) < 4.78 is 5.22. The summed E-state index contributed by atoms with van der Waals surface area (Å²) in [5, 5.41) is 0.446. The zero-order chi connectivity index (χ0) is 11.1. The van der Waals surface area contributed by atoms with Crippen LogP contribution in [0.2, 0.25) is 5.22 Å². The van der Waals surface area contributed by atoms with Crippen LogP contribution >= 0.6 is 23.4 Å². The minimum atomic E-state index is 0.276. The summed E-state index contributed by atoms with van der Waals surface area (Å²) in [5.74, 6) is 3.10. The van der Waals surface area contributed by atoms with Crippen molar-refractivity contribution in [2.75, 3.05) is 5.75 Å². The Hall–Kier alpha value is -0.410. The Morgan fingerprint density at radius 3 is 2.87 bits per heavy atom. The van der Waals surface area contributed by atoms with Crippen LogP contribution in [0.1, 0.15) is 31.9 Å². The van der Waals surface area contributed by atoms with Gasteiger partial charge in [-0.15, -0.1) is 0 Å². The molecule has 84 valence electrons. The molecular weight excluding hydrogens is 232 g/mol. The Morgan fingerprint density at radius 1 is 1.47 bits per heavy atom. The van der Waals surface area contributed by atoms with Crippen molar-refractivity contribution in [2.24, 2.45) is 0 Å². The minimum Gasteiger partial charge on any atom is -0.449 e. The van der Waals surface area contributed by atoms with Crippen LogP contribution < -0.4 is 0 Å². The molecule has 1 aromatic heterocycles. The SMILES string of the molecule is CC(=O)CCCCSCc1ccc(Cl)o1. The third kappa shape index (κ3) is 5.90. The molecule has 0 atom stereocenters. The van der Waals surface area contributed by atoms with Crippen molar-refractivity contribution in [1.29, 1.82) is 0 Å². The molecule has 0 saturated carbocycles. The molecule has 0 saturated heterocycles. The number of halogens is 1. The molecule has 1 aromatic rings. The van der Waals surface area contributed by atoms with E-state index in [1.165, 1.54) is 0 Å². The average Bonchev–Trinajstić information content (AvgIpc) is 2.57. The normalized spacial score (nSPS) is 10.5. The predicted octanol–water partition coefficient (Wildman–Crippen LogP) is 3.93. The lowest BCUT2D eigenvalue weighted by Gasteiger charge is -1.98. The highest BCUT2D eigenvalue weighted by molar-refractivity contribution is 7.98. The molecule has 0 aliphatic rings. The third-order valence-corrected chi connectivity index (χ3v) is 3.21. The maximum Gasteiger partial charge on any atom is 0.193 e. The van der Waals surface area contributed by atoms with Crippen LogP contribution in [0.15, 0.2) is 16.5 Å². The predicted molar refractivity (Wildman–Crippen MR) is 64.4 cm³/mol.